The van der Waals surface area contributed by atoms with Crippen LogP contribution in [0.1, 0.15) is 32.6 Å². The Hall–Kier alpha value is -2.11. The Kier molecular flexibility index (Phi) is 4.45. The number of halogens is 1. The molecule has 5 nitrogen and oxygen atoms in total. The fourth-order valence-corrected chi connectivity index (χ4v) is 2.62. The van der Waals surface area contributed by atoms with E-state index in [-0.39, 0.29) is 12.5 Å². The van der Waals surface area contributed by atoms with Gasteiger partial charge in [-0.2, -0.15) is 0 Å². The zero-order chi connectivity index (χ0) is 15.5. The number of aliphatic carboxylic acids is 1. The van der Waals surface area contributed by atoms with E-state index in [1.54, 1.807) is 13.0 Å². The van der Waals surface area contributed by atoms with E-state index < -0.39 is 17.3 Å². The predicted octanol–water partition coefficient (Wildman–Crippen LogP) is 2.76. The number of anilines is 1. The molecule has 1 saturated carbocycles. The number of benzene rings is 1. The maximum Gasteiger partial charge on any atom is 0.322 e. The van der Waals surface area contributed by atoms with Crippen LogP contribution in [0.25, 0.3) is 0 Å². The number of nitrogens with zero attached hydrogens (tertiary/aromatic N) is 1. The minimum absolute atomic E-state index is 0.0839. The highest BCUT2D eigenvalue weighted by Crippen LogP contribution is 2.35. The zero-order valence-electron chi connectivity index (χ0n) is 11.9. The standard InChI is InChI=1S/C15H19FN2O3/c1-2-18(12-6-3-5-11(16)9-12)14(21)17-15(7-4-8-15)10-13(19)20/h3,5-6,9H,2,4,7-8,10H2,1H3,(H,17,21)(H,19,20). The number of carboxylic acid groups (broad SMARTS) is 1. The number of urea groups is 1. The molecule has 0 aliphatic heterocycles. The number of carbonyl (C=O) groups is 2. The highest BCUT2D eigenvalue weighted by atomic mass is 19.1. The van der Waals surface area contributed by atoms with Crippen LogP contribution in [0.3, 0.4) is 0 Å². The summed E-state index contributed by atoms with van der Waals surface area (Å²) in [6.45, 7) is 2.16. The minimum Gasteiger partial charge on any atom is -0.481 e. The van der Waals surface area contributed by atoms with Gasteiger partial charge in [0.05, 0.1) is 12.0 Å². The quantitative estimate of drug-likeness (QED) is 0.877. The van der Waals surface area contributed by atoms with Crippen LogP contribution in [0.2, 0.25) is 0 Å². The van der Waals surface area contributed by atoms with Crippen LogP contribution in [0, 0.1) is 5.82 Å². The van der Waals surface area contributed by atoms with Gasteiger partial charge in [-0.25, -0.2) is 9.18 Å². The highest BCUT2D eigenvalue weighted by Gasteiger charge is 2.41. The molecule has 0 bridgehead atoms. The van der Waals surface area contributed by atoms with Gasteiger partial charge < -0.3 is 10.4 Å². The van der Waals surface area contributed by atoms with Crippen molar-refractivity contribution in [3.63, 3.8) is 0 Å². The van der Waals surface area contributed by atoms with Crippen molar-refractivity contribution in [3.8, 4) is 0 Å². The van der Waals surface area contributed by atoms with Gasteiger partial charge in [-0.15, -0.1) is 0 Å². The van der Waals surface area contributed by atoms with Crippen molar-refractivity contribution in [2.45, 2.75) is 38.1 Å². The third kappa shape index (κ3) is 3.51. The number of hydrogen-bond acceptors (Lipinski definition) is 2. The van der Waals surface area contributed by atoms with Gasteiger partial charge in [0.25, 0.3) is 0 Å². The number of carbonyl (C=O) groups excluding carboxylic acids is 1. The molecule has 1 aliphatic rings. The number of carboxylic acids is 1. The smallest absolute Gasteiger partial charge is 0.322 e. The zero-order valence-corrected chi connectivity index (χ0v) is 11.9. The molecule has 2 rings (SSSR count). The van der Waals surface area contributed by atoms with Gasteiger partial charge in [0.1, 0.15) is 5.82 Å². The van der Waals surface area contributed by atoms with Crippen molar-refractivity contribution in [2.75, 3.05) is 11.4 Å². The number of hydrogen-bond donors (Lipinski definition) is 2. The van der Waals surface area contributed by atoms with E-state index in [9.17, 15) is 14.0 Å². The summed E-state index contributed by atoms with van der Waals surface area (Å²) in [7, 11) is 0. The van der Waals surface area contributed by atoms with Crippen molar-refractivity contribution in [2.24, 2.45) is 0 Å². The van der Waals surface area contributed by atoms with Gasteiger partial charge in [-0.05, 0) is 44.4 Å². The minimum atomic E-state index is -0.927. The molecule has 1 fully saturated rings. The van der Waals surface area contributed by atoms with E-state index in [0.717, 1.165) is 6.42 Å². The van der Waals surface area contributed by atoms with Crippen LogP contribution in [0.5, 0.6) is 0 Å². The van der Waals surface area contributed by atoms with Gasteiger partial charge in [0.15, 0.2) is 0 Å². The van der Waals surface area contributed by atoms with Crippen molar-refractivity contribution in [1.82, 2.24) is 5.32 Å². The molecule has 0 heterocycles. The first-order chi connectivity index (χ1) is 9.96. The Balaban J connectivity index is 2.11. The number of amides is 2. The fraction of sp³-hybridized carbons (Fsp3) is 0.467. The maximum atomic E-state index is 13.3. The Labute approximate surface area is 122 Å². The Bertz CT molecular complexity index is 543. The molecule has 0 radical (unpaired) electrons. The Morgan fingerprint density at radius 1 is 1.43 bits per heavy atom. The first-order valence-electron chi connectivity index (χ1n) is 7.03. The predicted molar refractivity (Wildman–Crippen MR) is 76.8 cm³/mol. The molecular weight excluding hydrogens is 275 g/mol. The maximum absolute atomic E-state index is 13.3. The lowest BCUT2D eigenvalue weighted by Crippen LogP contribution is -2.58. The van der Waals surface area contributed by atoms with E-state index in [1.807, 2.05) is 0 Å². The van der Waals surface area contributed by atoms with Crippen molar-refractivity contribution in [1.29, 1.82) is 0 Å². The average Bonchev–Trinajstić information content (AvgIpc) is 2.36. The summed E-state index contributed by atoms with van der Waals surface area (Å²) in [6, 6.07) is 5.40. The fourth-order valence-electron chi connectivity index (χ4n) is 2.62. The molecular formula is C15H19FN2O3. The Morgan fingerprint density at radius 2 is 2.14 bits per heavy atom. The lowest BCUT2D eigenvalue weighted by molar-refractivity contribution is -0.139. The van der Waals surface area contributed by atoms with Crippen LogP contribution in [-0.4, -0.2) is 29.2 Å². The van der Waals surface area contributed by atoms with Gasteiger partial charge in [0.2, 0.25) is 0 Å². The molecule has 1 aromatic carbocycles. The summed E-state index contributed by atoms with van der Waals surface area (Å²) in [5, 5.41) is 11.8. The van der Waals surface area contributed by atoms with Crippen LogP contribution >= 0.6 is 0 Å². The topological polar surface area (TPSA) is 69.6 Å². The molecule has 0 atom stereocenters. The van der Waals surface area contributed by atoms with Gasteiger partial charge in [-0.1, -0.05) is 6.07 Å². The molecule has 0 unspecified atom stereocenters. The third-order valence-corrected chi connectivity index (χ3v) is 3.85. The molecule has 6 heteroatoms. The van der Waals surface area contributed by atoms with E-state index in [2.05, 4.69) is 5.32 Å². The summed E-state index contributed by atoms with van der Waals surface area (Å²) in [4.78, 5) is 24.7. The first-order valence-corrected chi connectivity index (χ1v) is 7.03. The van der Waals surface area contributed by atoms with Crippen LogP contribution in [-0.2, 0) is 4.79 Å². The molecule has 0 saturated heterocycles. The molecule has 114 valence electrons. The van der Waals surface area contributed by atoms with Crippen molar-refractivity contribution < 1.29 is 19.1 Å². The summed E-state index contributed by atoms with van der Waals surface area (Å²) in [5.41, 5.74) is -0.205. The van der Waals surface area contributed by atoms with E-state index in [4.69, 9.17) is 5.11 Å². The van der Waals surface area contributed by atoms with Crippen LogP contribution < -0.4 is 10.2 Å². The third-order valence-electron chi connectivity index (χ3n) is 3.85. The lowest BCUT2D eigenvalue weighted by Gasteiger charge is -2.42. The number of nitrogens with one attached hydrogen (secondary N) is 1. The second-order valence-electron chi connectivity index (χ2n) is 5.36. The van der Waals surface area contributed by atoms with E-state index in [0.29, 0.717) is 25.1 Å². The van der Waals surface area contributed by atoms with E-state index in [1.165, 1.54) is 23.1 Å². The van der Waals surface area contributed by atoms with Gasteiger partial charge in [0, 0.05) is 12.2 Å². The van der Waals surface area contributed by atoms with Crippen molar-refractivity contribution in [3.05, 3.63) is 30.1 Å². The molecule has 0 spiro atoms. The number of rotatable bonds is 5. The van der Waals surface area contributed by atoms with Crippen LogP contribution in [0.15, 0.2) is 24.3 Å². The molecule has 2 N–H and O–H groups in total. The summed E-state index contributed by atoms with van der Waals surface area (Å²) in [6.07, 6.45) is 2.14. The van der Waals surface area contributed by atoms with Gasteiger partial charge in [-0.3, -0.25) is 9.69 Å². The molecule has 21 heavy (non-hydrogen) atoms. The molecule has 0 aromatic heterocycles. The highest BCUT2D eigenvalue weighted by molar-refractivity contribution is 5.92. The lowest BCUT2D eigenvalue weighted by atomic mass is 9.74. The normalized spacial score (nSPS) is 15.9. The Morgan fingerprint density at radius 3 is 2.62 bits per heavy atom. The molecule has 1 aromatic rings. The second kappa shape index (κ2) is 6.11. The summed E-state index contributed by atoms with van der Waals surface area (Å²) >= 11 is 0. The van der Waals surface area contributed by atoms with E-state index >= 15 is 0 Å². The second-order valence-corrected chi connectivity index (χ2v) is 5.36. The summed E-state index contributed by atoms with van der Waals surface area (Å²) < 4.78 is 13.3. The van der Waals surface area contributed by atoms with Crippen molar-refractivity contribution >= 4 is 17.7 Å². The largest absolute Gasteiger partial charge is 0.481 e. The molecule has 1 aliphatic carbocycles. The summed E-state index contributed by atoms with van der Waals surface area (Å²) in [5.74, 6) is -1.34. The SMILES string of the molecule is CCN(C(=O)NC1(CC(=O)O)CCC1)c1cccc(F)c1. The van der Waals surface area contributed by atoms with Gasteiger partial charge >= 0.3 is 12.0 Å². The average molecular weight is 294 g/mol. The monoisotopic (exact) mass is 294 g/mol. The molecule has 2 amide bonds. The first kappa shape index (κ1) is 15.3. The van der Waals surface area contributed by atoms with Crippen LogP contribution in [0.4, 0.5) is 14.9 Å².